The molecule has 164 valence electrons. The number of benzene rings is 2. The van der Waals surface area contributed by atoms with Crippen LogP contribution in [0.3, 0.4) is 0 Å². The van der Waals surface area contributed by atoms with Gasteiger partial charge in [0.15, 0.2) is 6.61 Å². The van der Waals surface area contributed by atoms with Gasteiger partial charge in [-0.25, -0.2) is 0 Å². The third-order valence-corrected chi connectivity index (χ3v) is 5.28. The van der Waals surface area contributed by atoms with Crippen molar-refractivity contribution in [2.24, 2.45) is 0 Å². The molecular weight excluding hydrogens is 428 g/mol. The smallest absolute Gasteiger partial charge is 0.318 e. The number of amides is 1. The summed E-state index contributed by atoms with van der Waals surface area (Å²) in [7, 11) is 0. The van der Waals surface area contributed by atoms with Gasteiger partial charge in [-0.15, -0.1) is 0 Å². The molecule has 0 atom stereocenters. The van der Waals surface area contributed by atoms with Gasteiger partial charge in [-0.05, 0) is 24.6 Å². The molecule has 10 nitrogen and oxygen atoms in total. The van der Waals surface area contributed by atoms with E-state index in [4.69, 9.17) is 16.3 Å². The van der Waals surface area contributed by atoms with Crippen molar-refractivity contribution in [3.8, 4) is 5.75 Å². The zero-order valence-corrected chi connectivity index (χ0v) is 17.6. The fourth-order valence-corrected chi connectivity index (χ4v) is 3.52. The Hall–Kier alpha value is -3.24. The van der Waals surface area contributed by atoms with E-state index in [9.17, 15) is 25.0 Å². The number of aryl methyl sites for hydroxylation is 1. The summed E-state index contributed by atoms with van der Waals surface area (Å²) in [6.07, 6.45) is 0. The molecule has 0 unspecified atom stereocenters. The maximum Gasteiger partial charge on any atom is 0.318 e. The Kier molecular flexibility index (Phi) is 7.03. The number of rotatable bonds is 7. The van der Waals surface area contributed by atoms with Crippen LogP contribution in [0.5, 0.6) is 5.75 Å². The Bertz CT molecular complexity index is 990. The SMILES string of the molecule is Cc1cc([N+](=O)[O-])cc([N+](=O)[O-])c1OCC(=O)N1CCN(Cc2ccc(Cl)cc2)CC1. The second-order valence-electron chi connectivity index (χ2n) is 7.20. The molecule has 31 heavy (non-hydrogen) atoms. The van der Waals surface area contributed by atoms with Crippen LogP contribution in [0.15, 0.2) is 36.4 Å². The lowest BCUT2D eigenvalue weighted by Gasteiger charge is -2.34. The lowest BCUT2D eigenvalue weighted by atomic mass is 10.1. The Morgan fingerprint density at radius 1 is 1.06 bits per heavy atom. The quantitative estimate of drug-likeness (QED) is 0.471. The molecular formula is C20H21ClN4O6. The van der Waals surface area contributed by atoms with Gasteiger partial charge in [0.2, 0.25) is 5.75 Å². The van der Waals surface area contributed by atoms with Crippen molar-refractivity contribution in [1.29, 1.82) is 0 Å². The largest absolute Gasteiger partial charge is 0.477 e. The topological polar surface area (TPSA) is 119 Å². The van der Waals surface area contributed by atoms with Crippen LogP contribution in [0.1, 0.15) is 11.1 Å². The Labute approximate surface area is 183 Å². The molecule has 11 heteroatoms. The van der Waals surface area contributed by atoms with Crippen molar-refractivity contribution in [1.82, 2.24) is 9.80 Å². The molecule has 0 N–H and O–H groups in total. The lowest BCUT2D eigenvalue weighted by Crippen LogP contribution is -2.49. The van der Waals surface area contributed by atoms with E-state index in [1.54, 1.807) is 4.90 Å². The normalized spacial score (nSPS) is 14.3. The van der Waals surface area contributed by atoms with Gasteiger partial charge in [0.05, 0.1) is 15.9 Å². The predicted molar refractivity (Wildman–Crippen MR) is 113 cm³/mol. The zero-order valence-electron chi connectivity index (χ0n) is 16.8. The molecule has 1 heterocycles. The zero-order chi connectivity index (χ0) is 22.5. The summed E-state index contributed by atoms with van der Waals surface area (Å²) < 4.78 is 5.43. The molecule has 0 aliphatic carbocycles. The molecule has 1 aliphatic heterocycles. The maximum absolute atomic E-state index is 12.5. The van der Waals surface area contributed by atoms with Crippen LogP contribution in [0, 0.1) is 27.2 Å². The summed E-state index contributed by atoms with van der Waals surface area (Å²) in [5.41, 5.74) is 0.418. The molecule has 3 rings (SSSR count). The molecule has 1 fully saturated rings. The Morgan fingerprint density at radius 2 is 1.71 bits per heavy atom. The fourth-order valence-electron chi connectivity index (χ4n) is 3.39. The highest BCUT2D eigenvalue weighted by Crippen LogP contribution is 2.35. The first-order valence-corrected chi connectivity index (χ1v) is 9.93. The van der Waals surface area contributed by atoms with Crippen LogP contribution in [0.25, 0.3) is 0 Å². The average molecular weight is 449 g/mol. The summed E-state index contributed by atoms with van der Waals surface area (Å²) in [6.45, 7) is 4.24. The van der Waals surface area contributed by atoms with E-state index in [1.807, 2.05) is 24.3 Å². The number of hydrogen-bond acceptors (Lipinski definition) is 7. The van der Waals surface area contributed by atoms with E-state index >= 15 is 0 Å². The Balaban J connectivity index is 1.56. The highest BCUT2D eigenvalue weighted by Gasteiger charge is 2.26. The number of nitrogens with zero attached hydrogens (tertiary/aromatic N) is 4. The van der Waals surface area contributed by atoms with Crippen molar-refractivity contribution in [3.63, 3.8) is 0 Å². The van der Waals surface area contributed by atoms with E-state index in [-0.39, 0.29) is 23.8 Å². The number of carbonyl (C=O) groups is 1. The molecule has 0 bridgehead atoms. The minimum absolute atomic E-state index is 0.134. The second kappa shape index (κ2) is 9.71. The van der Waals surface area contributed by atoms with Crippen LogP contribution >= 0.6 is 11.6 Å². The van der Waals surface area contributed by atoms with E-state index in [0.717, 1.165) is 18.2 Å². The predicted octanol–water partition coefficient (Wildman–Crippen LogP) is 3.19. The summed E-state index contributed by atoms with van der Waals surface area (Å²) in [5.74, 6) is -0.427. The first kappa shape index (κ1) is 22.4. The standard InChI is InChI=1S/C20H21ClN4O6/c1-14-10-17(24(27)28)11-18(25(29)30)20(14)31-13-19(26)23-8-6-22(7-9-23)12-15-2-4-16(21)5-3-15/h2-5,10-11H,6-9,12-13H2,1H3. The molecule has 0 radical (unpaired) electrons. The highest BCUT2D eigenvalue weighted by atomic mass is 35.5. The second-order valence-corrected chi connectivity index (χ2v) is 7.63. The van der Waals surface area contributed by atoms with Gasteiger partial charge < -0.3 is 9.64 Å². The fraction of sp³-hybridized carbons (Fsp3) is 0.350. The number of nitro groups is 2. The molecule has 0 aromatic heterocycles. The molecule has 2 aromatic rings. The van der Waals surface area contributed by atoms with Gasteiger partial charge in [0.1, 0.15) is 0 Å². The van der Waals surface area contributed by atoms with Crippen LogP contribution in [-0.4, -0.2) is 58.3 Å². The van der Waals surface area contributed by atoms with Crippen LogP contribution in [0.2, 0.25) is 5.02 Å². The van der Waals surface area contributed by atoms with Gasteiger partial charge in [-0.3, -0.25) is 29.9 Å². The summed E-state index contributed by atoms with van der Waals surface area (Å²) in [5, 5.41) is 22.9. The van der Waals surface area contributed by atoms with Crippen LogP contribution in [-0.2, 0) is 11.3 Å². The highest BCUT2D eigenvalue weighted by molar-refractivity contribution is 6.30. The average Bonchev–Trinajstić information content (AvgIpc) is 2.74. The van der Waals surface area contributed by atoms with Gasteiger partial charge in [0, 0.05) is 49.4 Å². The van der Waals surface area contributed by atoms with Gasteiger partial charge in [-0.1, -0.05) is 23.7 Å². The van der Waals surface area contributed by atoms with Gasteiger partial charge in [-0.2, -0.15) is 0 Å². The third kappa shape index (κ3) is 5.68. The number of piperazine rings is 1. The minimum atomic E-state index is -0.755. The number of non-ortho nitro benzene ring substituents is 1. The van der Waals surface area contributed by atoms with Gasteiger partial charge >= 0.3 is 5.69 Å². The molecule has 1 aliphatic rings. The van der Waals surface area contributed by atoms with Crippen LogP contribution in [0.4, 0.5) is 11.4 Å². The van der Waals surface area contributed by atoms with E-state index in [0.29, 0.717) is 31.2 Å². The molecule has 1 amide bonds. The van der Waals surface area contributed by atoms with Crippen molar-refractivity contribution in [2.45, 2.75) is 13.5 Å². The van der Waals surface area contributed by atoms with E-state index in [2.05, 4.69) is 4.90 Å². The minimum Gasteiger partial charge on any atom is -0.477 e. The number of carbonyl (C=O) groups excluding carboxylic acids is 1. The first-order valence-electron chi connectivity index (χ1n) is 9.55. The number of ether oxygens (including phenoxy) is 1. The number of nitro benzene ring substituents is 2. The number of hydrogen-bond donors (Lipinski definition) is 0. The third-order valence-electron chi connectivity index (χ3n) is 5.03. The van der Waals surface area contributed by atoms with Crippen molar-refractivity contribution >= 4 is 28.9 Å². The number of halogens is 1. The molecule has 0 saturated carbocycles. The maximum atomic E-state index is 12.5. The molecule has 0 spiro atoms. The van der Waals surface area contributed by atoms with Crippen molar-refractivity contribution < 1.29 is 19.4 Å². The molecule has 2 aromatic carbocycles. The summed E-state index contributed by atoms with van der Waals surface area (Å²) >= 11 is 5.90. The van der Waals surface area contributed by atoms with E-state index in [1.165, 1.54) is 13.0 Å². The first-order chi connectivity index (χ1) is 14.7. The monoisotopic (exact) mass is 448 g/mol. The van der Waals surface area contributed by atoms with Crippen molar-refractivity contribution in [3.05, 3.63) is 72.8 Å². The van der Waals surface area contributed by atoms with Crippen LogP contribution < -0.4 is 4.74 Å². The molecule has 1 saturated heterocycles. The summed E-state index contributed by atoms with van der Waals surface area (Å²) in [4.78, 5) is 37.2. The van der Waals surface area contributed by atoms with Gasteiger partial charge in [0.25, 0.3) is 11.6 Å². The Morgan fingerprint density at radius 3 is 2.29 bits per heavy atom. The van der Waals surface area contributed by atoms with Crippen molar-refractivity contribution in [2.75, 3.05) is 32.8 Å². The summed E-state index contributed by atoms with van der Waals surface area (Å²) in [6, 6.07) is 9.63. The van der Waals surface area contributed by atoms with E-state index < -0.39 is 21.2 Å². The lowest BCUT2D eigenvalue weighted by molar-refractivity contribution is -0.394.